The maximum absolute atomic E-state index is 6.07. The summed E-state index contributed by atoms with van der Waals surface area (Å²) < 4.78 is 3.23. The van der Waals surface area contributed by atoms with Crippen LogP contribution in [0.25, 0.3) is 11.0 Å². The van der Waals surface area contributed by atoms with Gasteiger partial charge in [-0.25, -0.2) is 4.98 Å². The van der Waals surface area contributed by atoms with Gasteiger partial charge in [-0.3, -0.25) is 0 Å². The number of nitrogens with zero attached hydrogens (tertiary/aromatic N) is 2. The molecule has 0 amide bonds. The van der Waals surface area contributed by atoms with E-state index in [1.807, 2.05) is 30.3 Å². The summed E-state index contributed by atoms with van der Waals surface area (Å²) in [6, 6.07) is 14.0. The van der Waals surface area contributed by atoms with Crippen molar-refractivity contribution >= 4 is 50.2 Å². The van der Waals surface area contributed by atoms with Crippen molar-refractivity contribution in [3.05, 3.63) is 63.3 Å². The number of alkyl halides is 1. The van der Waals surface area contributed by atoms with Gasteiger partial charge in [0.2, 0.25) is 0 Å². The smallest absolute Gasteiger partial charge is 0.111 e. The Morgan fingerprint density at radius 3 is 2.76 bits per heavy atom. The SMILES string of the molecule is ClCCc1nc2cc(Br)ccc2n1Cc1cccc(Cl)c1. The van der Waals surface area contributed by atoms with E-state index >= 15 is 0 Å². The van der Waals surface area contributed by atoms with E-state index < -0.39 is 0 Å². The molecule has 0 aliphatic carbocycles. The third-order valence-corrected chi connectivity index (χ3v) is 4.25. The second-order valence-corrected chi connectivity index (χ2v) is 6.55. The molecule has 1 aromatic heterocycles. The molecule has 0 atom stereocenters. The van der Waals surface area contributed by atoms with E-state index in [4.69, 9.17) is 28.2 Å². The Morgan fingerprint density at radius 1 is 1.14 bits per heavy atom. The number of benzene rings is 2. The molecule has 2 nitrogen and oxygen atoms in total. The van der Waals surface area contributed by atoms with Crippen LogP contribution in [0.2, 0.25) is 5.02 Å². The van der Waals surface area contributed by atoms with E-state index in [0.29, 0.717) is 5.88 Å². The summed E-state index contributed by atoms with van der Waals surface area (Å²) in [5, 5.41) is 0.749. The van der Waals surface area contributed by atoms with Gasteiger partial charge >= 0.3 is 0 Å². The summed E-state index contributed by atoms with van der Waals surface area (Å²) in [6.45, 7) is 0.741. The largest absolute Gasteiger partial charge is 0.323 e. The van der Waals surface area contributed by atoms with Crippen LogP contribution in [0, 0.1) is 0 Å². The lowest BCUT2D eigenvalue weighted by molar-refractivity contribution is 0.754. The van der Waals surface area contributed by atoms with E-state index in [-0.39, 0.29) is 0 Å². The van der Waals surface area contributed by atoms with E-state index in [0.717, 1.165) is 44.9 Å². The Hall–Kier alpha value is -1.03. The van der Waals surface area contributed by atoms with Crippen LogP contribution in [-0.4, -0.2) is 15.4 Å². The van der Waals surface area contributed by atoms with Crippen molar-refractivity contribution in [3.8, 4) is 0 Å². The van der Waals surface area contributed by atoms with Crippen molar-refractivity contribution < 1.29 is 0 Å². The Labute approximate surface area is 141 Å². The molecule has 21 heavy (non-hydrogen) atoms. The summed E-state index contributed by atoms with van der Waals surface area (Å²) in [5.74, 6) is 1.55. The Balaban J connectivity index is 2.08. The fraction of sp³-hybridized carbons (Fsp3) is 0.188. The van der Waals surface area contributed by atoms with Gasteiger partial charge in [0.1, 0.15) is 5.82 Å². The first-order chi connectivity index (χ1) is 10.2. The molecule has 0 bridgehead atoms. The molecule has 0 aliphatic heterocycles. The summed E-state index contributed by atoms with van der Waals surface area (Å²) >= 11 is 15.5. The number of rotatable bonds is 4. The zero-order chi connectivity index (χ0) is 14.8. The van der Waals surface area contributed by atoms with Crippen LogP contribution in [0.1, 0.15) is 11.4 Å². The van der Waals surface area contributed by atoms with Gasteiger partial charge in [-0.05, 0) is 35.9 Å². The molecule has 0 fully saturated rings. The van der Waals surface area contributed by atoms with Crippen molar-refractivity contribution in [3.63, 3.8) is 0 Å². The average Bonchev–Trinajstić information content (AvgIpc) is 2.76. The third kappa shape index (κ3) is 3.25. The fourth-order valence-corrected chi connectivity index (χ4v) is 3.15. The Morgan fingerprint density at radius 2 is 2.00 bits per heavy atom. The van der Waals surface area contributed by atoms with Crippen molar-refractivity contribution in [2.24, 2.45) is 0 Å². The minimum absolute atomic E-state index is 0.556. The van der Waals surface area contributed by atoms with E-state index in [1.54, 1.807) is 0 Å². The molecular formula is C16H13BrCl2N2. The van der Waals surface area contributed by atoms with Gasteiger partial charge in [0.25, 0.3) is 0 Å². The topological polar surface area (TPSA) is 17.8 Å². The number of hydrogen-bond acceptors (Lipinski definition) is 1. The molecule has 3 aromatic rings. The quantitative estimate of drug-likeness (QED) is 0.560. The molecule has 0 radical (unpaired) electrons. The van der Waals surface area contributed by atoms with Gasteiger partial charge in [0.15, 0.2) is 0 Å². The molecule has 0 N–H and O–H groups in total. The molecule has 5 heteroatoms. The summed E-state index contributed by atoms with van der Waals surface area (Å²) in [6.07, 6.45) is 0.744. The van der Waals surface area contributed by atoms with Crippen LogP contribution < -0.4 is 0 Å². The molecule has 0 aliphatic rings. The number of aryl methyl sites for hydroxylation is 1. The van der Waals surface area contributed by atoms with Gasteiger partial charge in [-0.15, -0.1) is 11.6 Å². The third-order valence-electron chi connectivity index (χ3n) is 3.34. The van der Waals surface area contributed by atoms with Crippen molar-refractivity contribution in [1.82, 2.24) is 9.55 Å². The van der Waals surface area contributed by atoms with Crippen molar-refractivity contribution in [1.29, 1.82) is 0 Å². The maximum Gasteiger partial charge on any atom is 0.111 e. The van der Waals surface area contributed by atoms with Gasteiger partial charge in [-0.2, -0.15) is 0 Å². The number of halogens is 3. The van der Waals surface area contributed by atoms with Crippen LogP contribution in [-0.2, 0) is 13.0 Å². The normalized spacial score (nSPS) is 11.2. The highest BCUT2D eigenvalue weighted by Gasteiger charge is 2.11. The number of imidazole rings is 1. The highest BCUT2D eigenvalue weighted by molar-refractivity contribution is 9.10. The lowest BCUT2D eigenvalue weighted by atomic mass is 10.2. The second kappa shape index (κ2) is 6.39. The predicted octanol–water partition coefficient (Wildman–Crippen LogP) is 5.28. The lowest BCUT2D eigenvalue weighted by Crippen LogP contribution is -2.06. The second-order valence-electron chi connectivity index (χ2n) is 4.82. The van der Waals surface area contributed by atoms with E-state index in [2.05, 4.69) is 32.6 Å². The fourth-order valence-electron chi connectivity index (χ4n) is 2.42. The summed E-state index contributed by atoms with van der Waals surface area (Å²) in [7, 11) is 0. The van der Waals surface area contributed by atoms with E-state index in [1.165, 1.54) is 0 Å². The van der Waals surface area contributed by atoms with Crippen LogP contribution in [0.4, 0.5) is 0 Å². The molecule has 1 heterocycles. The number of hydrogen-bond donors (Lipinski definition) is 0. The highest BCUT2D eigenvalue weighted by atomic mass is 79.9. The minimum Gasteiger partial charge on any atom is -0.323 e. The molecular weight excluding hydrogens is 371 g/mol. The number of aromatic nitrogens is 2. The Bertz CT molecular complexity index is 783. The average molecular weight is 384 g/mol. The molecule has 0 saturated carbocycles. The van der Waals surface area contributed by atoms with Crippen LogP contribution in [0.15, 0.2) is 46.9 Å². The van der Waals surface area contributed by atoms with Gasteiger partial charge < -0.3 is 4.57 Å². The molecule has 3 rings (SSSR count). The summed E-state index contributed by atoms with van der Waals surface area (Å²) in [5.41, 5.74) is 3.24. The highest BCUT2D eigenvalue weighted by Crippen LogP contribution is 2.23. The lowest BCUT2D eigenvalue weighted by Gasteiger charge is -2.09. The summed E-state index contributed by atoms with van der Waals surface area (Å²) in [4.78, 5) is 4.70. The first-order valence-electron chi connectivity index (χ1n) is 6.62. The number of fused-ring (bicyclic) bond motifs is 1. The zero-order valence-electron chi connectivity index (χ0n) is 11.2. The first kappa shape index (κ1) is 14.9. The van der Waals surface area contributed by atoms with Crippen LogP contribution in [0.3, 0.4) is 0 Å². The Kier molecular flexibility index (Phi) is 4.53. The zero-order valence-corrected chi connectivity index (χ0v) is 14.3. The van der Waals surface area contributed by atoms with Crippen LogP contribution >= 0.6 is 39.1 Å². The van der Waals surface area contributed by atoms with Gasteiger partial charge in [0, 0.05) is 28.3 Å². The van der Waals surface area contributed by atoms with E-state index in [9.17, 15) is 0 Å². The van der Waals surface area contributed by atoms with Gasteiger partial charge in [-0.1, -0.05) is 39.7 Å². The van der Waals surface area contributed by atoms with Crippen molar-refractivity contribution in [2.45, 2.75) is 13.0 Å². The molecule has 2 aromatic carbocycles. The van der Waals surface area contributed by atoms with Crippen LogP contribution in [0.5, 0.6) is 0 Å². The molecule has 0 unspecified atom stereocenters. The molecule has 108 valence electrons. The first-order valence-corrected chi connectivity index (χ1v) is 8.33. The minimum atomic E-state index is 0.556. The monoisotopic (exact) mass is 382 g/mol. The standard InChI is InChI=1S/C16H13BrCl2N2/c17-12-4-5-15-14(9-12)20-16(6-7-18)21(15)10-11-2-1-3-13(19)8-11/h1-5,8-9H,6-7,10H2. The predicted molar refractivity (Wildman–Crippen MR) is 92.4 cm³/mol. The van der Waals surface area contributed by atoms with Crippen molar-refractivity contribution in [2.75, 3.05) is 5.88 Å². The maximum atomic E-state index is 6.07. The molecule has 0 saturated heterocycles. The molecule has 0 spiro atoms. The van der Waals surface area contributed by atoms with Gasteiger partial charge in [0.05, 0.1) is 11.0 Å².